The fourth-order valence-electron chi connectivity index (χ4n) is 1.88. The second-order valence-electron chi connectivity index (χ2n) is 4.48. The molecule has 0 radical (unpaired) electrons. The van der Waals surface area contributed by atoms with E-state index in [0.29, 0.717) is 16.9 Å². The molecule has 0 aliphatic heterocycles. The Kier molecular flexibility index (Phi) is 3.89. The van der Waals surface area contributed by atoms with Crippen molar-refractivity contribution in [2.75, 3.05) is 12.4 Å². The minimum absolute atomic E-state index is 0.220. The van der Waals surface area contributed by atoms with Gasteiger partial charge in [-0.25, -0.2) is 4.79 Å². The Morgan fingerprint density at radius 1 is 1.25 bits per heavy atom. The summed E-state index contributed by atoms with van der Waals surface area (Å²) < 4.78 is 6.40. The average molecular weight is 272 g/mol. The van der Waals surface area contributed by atoms with Crippen LogP contribution in [0, 0.1) is 6.92 Å². The van der Waals surface area contributed by atoms with Crippen molar-refractivity contribution in [1.29, 1.82) is 0 Å². The molecular weight excluding hydrogens is 256 g/mol. The number of carbonyl (C=O) groups excluding carboxylic acids is 2. The molecule has 5 heteroatoms. The first-order valence-electron chi connectivity index (χ1n) is 6.14. The van der Waals surface area contributed by atoms with Gasteiger partial charge in [-0.3, -0.25) is 4.79 Å². The quantitative estimate of drug-likeness (QED) is 0.873. The van der Waals surface area contributed by atoms with Crippen LogP contribution in [0.4, 0.5) is 5.69 Å². The molecule has 1 aromatic heterocycles. The van der Waals surface area contributed by atoms with Crippen molar-refractivity contribution >= 4 is 17.6 Å². The van der Waals surface area contributed by atoms with E-state index in [-0.39, 0.29) is 5.91 Å². The minimum Gasteiger partial charge on any atom is -0.465 e. The monoisotopic (exact) mass is 272 g/mol. The Balaban J connectivity index is 2.27. The maximum atomic E-state index is 12.2. The number of nitrogens with one attached hydrogen (secondary N) is 1. The van der Waals surface area contributed by atoms with Crippen LogP contribution in [0.2, 0.25) is 0 Å². The highest BCUT2D eigenvalue weighted by Crippen LogP contribution is 2.18. The highest BCUT2D eigenvalue weighted by molar-refractivity contribution is 6.04. The maximum absolute atomic E-state index is 12.2. The molecular formula is C15H16N2O3. The number of benzene rings is 1. The molecule has 2 aromatic rings. The first-order chi connectivity index (χ1) is 9.52. The second kappa shape index (κ2) is 5.61. The fraction of sp³-hybridized carbons (Fsp3) is 0.200. The van der Waals surface area contributed by atoms with Gasteiger partial charge in [0.25, 0.3) is 5.91 Å². The molecule has 20 heavy (non-hydrogen) atoms. The predicted molar refractivity (Wildman–Crippen MR) is 75.9 cm³/mol. The molecule has 0 fully saturated rings. The first kappa shape index (κ1) is 13.9. The van der Waals surface area contributed by atoms with Crippen LogP contribution in [0.15, 0.2) is 36.5 Å². The third-order valence-electron chi connectivity index (χ3n) is 3.08. The van der Waals surface area contributed by atoms with Crippen molar-refractivity contribution in [2.45, 2.75) is 6.92 Å². The van der Waals surface area contributed by atoms with Gasteiger partial charge in [-0.1, -0.05) is 6.07 Å². The molecule has 0 saturated carbocycles. The molecule has 1 amide bonds. The molecule has 104 valence electrons. The molecule has 0 aliphatic carbocycles. The third-order valence-corrected chi connectivity index (χ3v) is 3.08. The molecule has 0 atom stereocenters. The van der Waals surface area contributed by atoms with Crippen LogP contribution < -0.4 is 5.32 Å². The smallest absolute Gasteiger partial charge is 0.337 e. The Hall–Kier alpha value is -2.56. The molecule has 0 aliphatic rings. The van der Waals surface area contributed by atoms with E-state index in [1.807, 2.05) is 6.92 Å². The zero-order valence-corrected chi connectivity index (χ0v) is 11.6. The molecule has 1 aromatic carbocycles. The van der Waals surface area contributed by atoms with E-state index in [2.05, 4.69) is 10.1 Å². The number of aromatic nitrogens is 1. The zero-order chi connectivity index (χ0) is 14.7. The highest BCUT2D eigenvalue weighted by atomic mass is 16.5. The van der Waals surface area contributed by atoms with Crippen LogP contribution in [0.5, 0.6) is 0 Å². The lowest BCUT2D eigenvalue weighted by Gasteiger charge is -2.10. The Bertz CT molecular complexity index is 659. The zero-order valence-electron chi connectivity index (χ0n) is 11.6. The van der Waals surface area contributed by atoms with Gasteiger partial charge in [0, 0.05) is 18.9 Å². The van der Waals surface area contributed by atoms with Gasteiger partial charge in [0.15, 0.2) is 0 Å². The van der Waals surface area contributed by atoms with Crippen LogP contribution in [0.3, 0.4) is 0 Å². The Morgan fingerprint density at radius 3 is 2.60 bits per heavy atom. The van der Waals surface area contributed by atoms with Gasteiger partial charge in [-0.15, -0.1) is 0 Å². The number of aryl methyl sites for hydroxylation is 2. The third kappa shape index (κ3) is 2.71. The van der Waals surface area contributed by atoms with Crippen molar-refractivity contribution in [3.8, 4) is 0 Å². The molecule has 0 unspecified atom stereocenters. The molecule has 0 spiro atoms. The van der Waals surface area contributed by atoms with Crippen molar-refractivity contribution in [3.63, 3.8) is 0 Å². The second-order valence-corrected chi connectivity index (χ2v) is 4.48. The summed E-state index contributed by atoms with van der Waals surface area (Å²) in [5, 5.41) is 2.81. The van der Waals surface area contributed by atoms with Crippen LogP contribution in [-0.4, -0.2) is 23.6 Å². The van der Waals surface area contributed by atoms with E-state index >= 15 is 0 Å². The normalized spacial score (nSPS) is 10.2. The standard InChI is InChI=1S/C15H16N2O3/c1-10-6-7-11(15(19)20-3)9-12(10)16-14(18)13-5-4-8-17(13)2/h4-9H,1-3H3,(H,16,18). The van der Waals surface area contributed by atoms with Crippen LogP contribution in [-0.2, 0) is 11.8 Å². The van der Waals surface area contributed by atoms with Gasteiger partial charge in [-0.05, 0) is 36.8 Å². The summed E-state index contributed by atoms with van der Waals surface area (Å²) in [4.78, 5) is 23.7. The van der Waals surface area contributed by atoms with E-state index in [0.717, 1.165) is 5.56 Å². The fourth-order valence-corrected chi connectivity index (χ4v) is 1.88. The van der Waals surface area contributed by atoms with Crippen LogP contribution in [0.25, 0.3) is 0 Å². The van der Waals surface area contributed by atoms with Crippen LogP contribution >= 0.6 is 0 Å². The number of hydrogen-bond acceptors (Lipinski definition) is 3. The SMILES string of the molecule is COC(=O)c1ccc(C)c(NC(=O)c2cccn2C)c1. The van der Waals surface area contributed by atoms with Gasteiger partial charge >= 0.3 is 5.97 Å². The summed E-state index contributed by atoms with van der Waals surface area (Å²) in [6.07, 6.45) is 1.80. The lowest BCUT2D eigenvalue weighted by atomic mass is 10.1. The molecule has 1 N–H and O–H groups in total. The number of esters is 1. The highest BCUT2D eigenvalue weighted by Gasteiger charge is 2.13. The van der Waals surface area contributed by atoms with Gasteiger partial charge in [0.2, 0.25) is 0 Å². The topological polar surface area (TPSA) is 60.3 Å². The first-order valence-corrected chi connectivity index (χ1v) is 6.14. The van der Waals surface area contributed by atoms with Crippen molar-refractivity contribution < 1.29 is 14.3 Å². The summed E-state index contributed by atoms with van der Waals surface area (Å²) in [7, 11) is 3.12. The molecule has 0 saturated heterocycles. The summed E-state index contributed by atoms with van der Waals surface area (Å²) in [5.41, 5.74) is 2.42. The molecule has 2 rings (SSSR count). The van der Waals surface area contributed by atoms with Gasteiger partial charge in [0.1, 0.15) is 5.69 Å². The van der Waals surface area contributed by atoms with Crippen LogP contribution in [0.1, 0.15) is 26.4 Å². The van der Waals surface area contributed by atoms with Gasteiger partial charge in [0.05, 0.1) is 12.7 Å². The Labute approximate surface area is 117 Å². The number of ether oxygens (including phenoxy) is 1. The maximum Gasteiger partial charge on any atom is 0.337 e. The molecule has 1 heterocycles. The lowest BCUT2D eigenvalue weighted by Crippen LogP contribution is -2.16. The number of anilines is 1. The lowest BCUT2D eigenvalue weighted by molar-refractivity contribution is 0.0600. The number of rotatable bonds is 3. The van der Waals surface area contributed by atoms with Crippen molar-refractivity contribution in [3.05, 3.63) is 53.3 Å². The van der Waals surface area contributed by atoms with E-state index in [1.54, 1.807) is 48.1 Å². The summed E-state index contributed by atoms with van der Waals surface area (Å²) in [5.74, 6) is -0.651. The van der Waals surface area contributed by atoms with Crippen molar-refractivity contribution in [2.24, 2.45) is 7.05 Å². The number of methoxy groups -OCH3 is 1. The molecule has 0 bridgehead atoms. The van der Waals surface area contributed by atoms with Crippen molar-refractivity contribution in [1.82, 2.24) is 4.57 Å². The largest absolute Gasteiger partial charge is 0.465 e. The van der Waals surface area contributed by atoms with E-state index in [4.69, 9.17) is 0 Å². The van der Waals surface area contributed by atoms with Gasteiger partial charge < -0.3 is 14.6 Å². The number of amides is 1. The molecule has 5 nitrogen and oxygen atoms in total. The minimum atomic E-state index is -0.431. The van der Waals surface area contributed by atoms with E-state index < -0.39 is 5.97 Å². The summed E-state index contributed by atoms with van der Waals surface area (Å²) in [6, 6.07) is 8.58. The predicted octanol–water partition coefficient (Wildman–Crippen LogP) is 2.37. The van der Waals surface area contributed by atoms with E-state index in [9.17, 15) is 9.59 Å². The van der Waals surface area contributed by atoms with E-state index in [1.165, 1.54) is 7.11 Å². The summed E-state index contributed by atoms with van der Waals surface area (Å²) in [6.45, 7) is 1.86. The number of nitrogens with zero attached hydrogens (tertiary/aromatic N) is 1. The number of carbonyl (C=O) groups is 2. The Morgan fingerprint density at radius 2 is 2.00 bits per heavy atom. The average Bonchev–Trinajstić information content (AvgIpc) is 2.86. The van der Waals surface area contributed by atoms with Gasteiger partial charge in [-0.2, -0.15) is 0 Å². The number of hydrogen-bond donors (Lipinski definition) is 1. The summed E-state index contributed by atoms with van der Waals surface area (Å²) >= 11 is 0.